The van der Waals surface area contributed by atoms with E-state index in [-0.39, 0.29) is 34.3 Å². The van der Waals surface area contributed by atoms with Crippen molar-refractivity contribution in [2.45, 2.75) is 109 Å². The summed E-state index contributed by atoms with van der Waals surface area (Å²) in [5.41, 5.74) is 1.86. The number of aromatic nitrogens is 4. The van der Waals surface area contributed by atoms with Gasteiger partial charge in [0.2, 0.25) is 5.82 Å². The highest BCUT2D eigenvalue weighted by Crippen LogP contribution is 2.50. The second-order valence-electron chi connectivity index (χ2n) is 16.7. The molecule has 0 radical (unpaired) electrons. The average Bonchev–Trinajstić information content (AvgIpc) is 3.68. The van der Waals surface area contributed by atoms with E-state index in [4.69, 9.17) is 35.5 Å². The first-order valence-electron chi connectivity index (χ1n) is 18.7. The van der Waals surface area contributed by atoms with E-state index in [0.717, 1.165) is 29.0 Å². The van der Waals surface area contributed by atoms with Gasteiger partial charge < -0.3 is 18.9 Å². The lowest BCUT2D eigenvalue weighted by Crippen LogP contribution is -2.34. The number of rotatable bonds is 12. The van der Waals surface area contributed by atoms with Crippen molar-refractivity contribution in [1.29, 1.82) is 0 Å². The van der Waals surface area contributed by atoms with Crippen molar-refractivity contribution in [1.82, 2.24) is 24.6 Å². The Bertz CT molecular complexity index is 2060. The molecule has 56 heavy (non-hydrogen) atoms. The molecule has 0 saturated carbocycles. The summed E-state index contributed by atoms with van der Waals surface area (Å²) in [6.45, 7) is 15.1. The van der Waals surface area contributed by atoms with Crippen LogP contribution in [0.15, 0.2) is 48.7 Å². The smallest absolute Gasteiger partial charge is 0.451 e. The summed E-state index contributed by atoms with van der Waals surface area (Å²) in [5, 5.41) is 7.67. The summed E-state index contributed by atoms with van der Waals surface area (Å²) in [5.74, 6) is -2.37. The van der Waals surface area contributed by atoms with Crippen LogP contribution >= 0.6 is 11.6 Å². The molecule has 0 aliphatic carbocycles. The fourth-order valence-electron chi connectivity index (χ4n) is 6.92. The minimum absolute atomic E-state index is 0.0628. The number of fused-ring (bicyclic) bond motifs is 1. The molecule has 2 aliphatic rings. The maximum absolute atomic E-state index is 14.9. The Hall–Kier alpha value is -4.05. The van der Waals surface area contributed by atoms with E-state index in [1.165, 1.54) is 12.3 Å². The number of ether oxygens (including phenoxy) is 4. The van der Waals surface area contributed by atoms with Gasteiger partial charge in [-0.3, -0.25) is 19.2 Å². The number of carbonyl (C=O) groups is 1. The number of hydrogen-bond donors (Lipinski definition) is 0. The van der Waals surface area contributed by atoms with Crippen LogP contribution in [0.25, 0.3) is 11.4 Å². The SMILES string of the molecule is CC(C)(C)OC(=O)Cc1cc(-c2nnc(C(F)(F)F)n2COCC[Si](C)(C)C)cnc1CN1CCC(c2cccc3c2O[C@@](C)(c2ccc(Cl)cc2F)O3)CC1. The molecule has 6 rings (SSSR count). The Balaban J connectivity index is 1.20. The van der Waals surface area contributed by atoms with Crippen molar-refractivity contribution >= 4 is 25.6 Å². The Morgan fingerprint density at radius 1 is 1.05 bits per heavy atom. The molecule has 1 saturated heterocycles. The average molecular weight is 818 g/mol. The van der Waals surface area contributed by atoms with E-state index in [9.17, 15) is 22.4 Å². The van der Waals surface area contributed by atoms with Gasteiger partial charge >= 0.3 is 12.1 Å². The van der Waals surface area contributed by atoms with Crippen LogP contribution in [0.3, 0.4) is 0 Å². The predicted molar refractivity (Wildman–Crippen MR) is 206 cm³/mol. The second-order valence-corrected chi connectivity index (χ2v) is 22.8. The maximum Gasteiger partial charge on any atom is 0.451 e. The van der Waals surface area contributed by atoms with Crippen LogP contribution in [-0.4, -0.2) is 64.0 Å². The number of alkyl halides is 3. The van der Waals surface area contributed by atoms with E-state index >= 15 is 0 Å². The number of benzene rings is 2. The monoisotopic (exact) mass is 817 g/mol. The molecule has 0 spiro atoms. The van der Waals surface area contributed by atoms with Gasteiger partial charge in [-0.15, -0.1) is 10.2 Å². The number of esters is 1. The second kappa shape index (κ2) is 16.1. The topological polar surface area (TPSA) is 101 Å². The molecule has 4 aromatic rings. The molecule has 4 heterocycles. The van der Waals surface area contributed by atoms with E-state index < -0.39 is 50.0 Å². The number of carbonyl (C=O) groups excluding carboxylic acids is 1. The molecule has 1 fully saturated rings. The van der Waals surface area contributed by atoms with Crippen LogP contribution in [-0.2, 0) is 45.9 Å². The van der Waals surface area contributed by atoms with E-state index in [1.54, 1.807) is 45.9 Å². The maximum atomic E-state index is 14.9. The molecule has 1 atom stereocenters. The van der Waals surface area contributed by atoms with Crippen molar-refractivity contribution in [3.05, 3.63) is 87.7 Å². The van der Waals surface area contributed by atoms with Gasteiger partial charge in [-0.1, -0.05) is 43.4 Å². The highest BCUT2D eigenvalue weighted by atomic mass is 35.5. The van der Waals surface area contributed by atoms with Gasteiger partial charge in [0.15, 0.2) is 17.3 Å². The summed E-state index contributed by atoms with van der Waals surface area (Å²) in [6.07, 6.45) is -1.90. The molecule has 2 aliphatic heterocycles. The summed E-state index contributed by atoms with van der Waals surface area (Å²) < 4.78 is 81.9. The van der Waals surface area contributed by atoms with Gasteiger partial charge in [0.05, 0.1) is 17.7 Å². The van der Waals surface area contributed by atoms with Gasteiger partial charge in [0.25, 0.3) is 5.79 Å². The van der Waals surface area contributed by atoms with Crippen LogP contribution in [0.5, 0.6) is 11.5 Å². The number of likely N-dealkylation sites (tertiary alicyclic amines) is 1. The molecular weight excluding hydrogens is 770 g/mol. The molecule has 10 nitrogen and oxygen atoms in total. The zero-order chi connectivity index (χ0) is 40.6. The number of halogens is 5. The Kier molecular flexibility index (Phi) is 11.9. The van der Waals surface area contributed by atoms with Crippen molar-refractivity contribution in [3.8, 4) is 22.9 Å². The third kappa shape index (κ3) is 9.90. The van der Waals surface area contributed by atoms with E-state index in [1.807, 2.05) is 18.2 Å². The molecule has 2 aromatic heterocycles. The van der Waals surface area contributed by atoms with Gasteiger partial charge in [0, 0.05) is 50.5 Å². The highest BCUT2D eigenvalue weighted by molar-refractivity contribution is 6.76. The number of pyridine rings is 1. The summed E-state index contributed by atoms with van der Waals surface area (Å²) in [7, 11) is -1.49. The van der Waals surface area contributed by atoms with Crippen LogP contribution in [0.4, 0.5) is 17.6 Å². The largest absolute Gasteiger partial charge is 0.460 e. The van der Waals surface area contributed by atoms with Gasteiger partial charge in [0.1, 0.15) is 18.1 Å². The normalized spacial score (nSPS) is 18.1. The van der Waals surface area contributed by atoms with Crippen LogP contribution in [0.1, 0.15) is 74.7 Å². The van der Waals surface area contributed by atoms with Crippen molar-refractivity contribution in [3.63, 3.8) is 0 Å². The Morgan fingerprint density at radius 3 is 2.45 bits per heavy atom. The van der Waals surface area contributed by atoms with E-state index in [2.05, 4.69) is 34.7 Å². The molecule has 0 unspecified atom stereocenters. The lowest BCUT2D eigenvalue weighted by molar-refractivity contribution is -0.154. The molecule has 2 aromatic carbocycles. The van der Waals surface area contributed by atoms with E-state index in [0.29, 0.717) is 49.0 Å². The number of hydrogen-bond acceptors (Lipinski definition) is 9. The summed E-state index contributed by atoms with van der Waals surface area (Å²) in [4.78, 5) is 20.1. The zero-order valence-electron chi connectivity index (χ0n) is 32.7. The fraction of sp³-hybridized carbons (Fsp3) is 0.500. The molecule has 0 N–H and O–H groups in total. The lowest BCUT2D eigenvalue weighted by atomic mass is 9.88. The predicted octanol–water partition coefficient (Wildman–Crippen LogP) is 9.37. The number of piperidine rings is 1. The third-order valence-corrected chi connectivity index (χ3v) is 11.7. The van der Waals surface area contributed by atoms with Gasteiger partial charge in [-0.2, -0.15) is 13.2 Å². The zero-order valence-corrected chi connectivity index (χ0v) is 34.5. The van der Waals surface area contributed by atoms with Crippen molar-refractivity contribution in [2.75, 3.05) is 19.7 Å². The first kappa shape index (κ1) is 41.6. The summed E-state index contributed by atoms with van der Waals surface area (Å²) in [6, 6.07) is 12.5. The fourth-order valence-corrected chi connectivity index (χ4v) is 7.84. The van der Waals surface area contributed by atoms with Crippen molar-refractivity contribution in [2.24, 2.45) is 0 Å². The van der Waals surface area contributed by atoms with Crippen molar-refractivity contribution < 1.29 is 41.3 Å². The first-order chi connectivity index (χ1) is 26.2. The lowest BCUT2D eigenvalue weighted by Gasteiger charge is -2.33. The van der Waals surface area contributed by atoms with Crippen LogP contribution < -0.4 is 9.47 Å². The van der Waals surface area contributed by atoms with Crippen LogP contribution in [0, 0.1) is 5.82 Å². The number of para-hydroxylation sites is 1. The van der Waals surface area contributed by atoms with Crippen LogP contribution in [0.2, 0.25) is 30.7 Å². The molecular formula is C40H48ClF4N5O5Si. The number of nitrogens with zero attached hydrogens (tertiary/aromatic N) is 5. The highest BCUT2D eigenvalue weighted by Gasteiger charge is 2.43. The minimum Gasteiger partial charge on any atom is -0.460 e. The molecule has 0 bridgehead atoms. The molecule has 302 valence electrons. The van der Waals surface area contributed by atoms with Gasteiger partial charge in [-0.25, -0.2) is 4.39 Å². The van der Waals surface area contributed by atoms with Gasteiger partial charge in [-0.05, 0) is 94.6 Å². The third-order valence-electron chi connectivity index (χ3n) is 9.73. The summed E-state index contributed by atoms with van der Waals surface area (Å²) >= 11 is 5.99. The first-order valence-corrected chi connectivity index (χ1v) is 22.7. The quantitative estimate of drug-likeness (QED) is 0.0599. The minimum atomic E-state index is -4.76. The molecule has 16 heteroatoms. The molecule has 0 amide bonds. The Labute approximate surface area is 330 Å². The standard InChI is InChI=1S/C40H48ClF4N5O5Si/c1-38(2,3)54-34(51)20-26-19-27(36-47-48-37(40(43,44)45)50(36)24-52-17-18-56(5,6)7)22-46-32(26)23-49-15-13-25(14-16-49)29-9-8-10-33-35(29)55-39(4,53-33)30-12-11-28(41)21-31(30)42/h8-12,19,21-22,25H,13-18,20,23-24H2,1-7H3/t39-/m0/s1. The Morgan fingerprint density at radius 2 is 1.79 bits per heavy atom.